The largest absolute Gasteiger partial charge is 0.486 e. The lowest BCUT2D eigenvalue weighted by molar-refractivity contribution is 0.0973. The summed E-state index contributed by atoms with van der Waals surface area (Å²) in [5, 5.41) is 6.76. The van der Waals surface area contributed by atoms with Crippen LogP contribution in [0.5, 0.6) is 11.5 Å². The Morgan fingerprint density at radius 3 is 2.48 bits per heavy atom. The van der Waals surface area contributed by atoms with Gasteiger partial charge in [-0.15, -0.1) is 0 Å². The van der Waals surface area contributed by atoms with Crippen LogP contribution in [0.4, 0.5) is 11.4 Å². The van der Waals surface area contributed by atoms with Crippen molar-refractivity contribution < 1.29 is 23.8 Å². The smallest absolute Gasteiger partial charge is 0.255 e. The minimum atomic E-state index is -0.286. The molecule has 6 rings (SSSR count). The van der Waals surface area contributed by atoms with Crippen LogP contribution in [-0.2, 0) is 11.3 Å². The van der Waals surface area contributed by atoms with E-state index in [0.29, 0.717) is 60.4 Å². The van der Waals surface area contributed by atoms with Crippen molar-refractivity contribution >= 4 is 34.1 Å². The van der Waals surface area contributed by atoms with Gasteiger partial charge >= 0.3 is 0 Å². The topological polar surface area (TPSA) is 102 Å². The predicted octanol–water partition coefficient (Wildman–Crippen LogP) is 5.43. The monoisotopic (exact) mass is 566 g/mol. The standard InChI is InChI=1S/C33H34N4O5/c1-22-4-8-26(35-32(38)25-7-11-30-31(19-25)42-17-16-41-30)20-29(22)36-33(39)24-6-10-28-23(18-24)5-9-27(34-28)21-40-15-14-37-12-2-3-13-37/h4-11,18-20H,2-3,12-17,21H2,1H3,(H,35,38)(H,36,39). The van der Waals surface area contributed by atoms with E-state index in [-0.39, 0.29) is 11.8 Å². The summed E-state index contributed by atoms with van der Waals surface area (Å²) in [6, 6.07) is 19.9. The Morgan fingerprint density at radius 1 is 0.857 bits per heavy atom. The molecule has 0 bridgehead atoms. The van der Waals surface area contributed by atoms with E-state index in [1.807, 2.05) is 37.3 Å². The molecule has 216 valence electrons. The molecule has 9 heteroatoms. The summed E-state index contributed by atoms with van der Waals surface area (Å²) in [6.07, 6.45) is 2.55. The maximum atomic E-state index is 13.2. The van der Waals surface area contributed by atoms with Crippen LogP contribution in [0, 0.1) is 6.92 Å². The van der Waals surface area contributed by atoms with E-state index in [0.717, 1.165) is 41.8 Å². The zero-order valence-corrected chi connectivity index (χ0v) is 23.7. The molecule has 0 atom stereocenters. The molecule has 0 radical (unpaired) electrons. The van der Waals surface area contributed by atoms with Crippen molar-refractivity contribution in [2.75, 3.05) is 50.1 Å². The number of nitrogens with one attached hydrogen (secondary N) is 2. The fraction of sp³-hybridized carbons (Fsp3) is 0.303. The van der Waals surface area contributed by atoms with Crippen molar-refractivity contribution in [3.05, 3.63) is 89.1 Å². The number of hydrogen-bond donors (Lipinski definition) is 2. The average molecular weight is 567 g/mol. The Kier molecular flexibility index (Phi) is 8.30. The number of carbonyl (C=O) groups excluding carboxylic acids is 2. The lowest BCUT2D eigenvalue weighted by Gasteiger charge is -2.18. The third kappa shape index (κ3) is 6.53. The predicted molar refractivity (Wildman–Crippen MR) is 162 cm³/mol. The maximum Gasteiger partial charge on any atom is 0.255 e. The van der Waals surface area contributed by atoms with Gasteiger partial charge in [0.2, 0.25) is 0 Å². The fourth-order valence-corrected chi connectivity index (χ4v) is 5.18. The van der Waals surface area contributed by atoms with Crippen LogP contribution in [0.1, 0.15) is 44.8 Å². The highest BCUT2D eigenvalue weighted by molar-refractivity contribution is 6.08. The first-order valence-corrected chi connectivity index (χ1v) is 14.3. The fourth-order valence-electron chi connectivity index (χ4n) is 5.18. The summed E-state index contributed by atoms with van der Waals surface area (Å²) in [5.74, 6) is 0.644. The third-order valence-corrected chi connectivity index (χ3v) is 7.56. The Labute approximate surface area is 244 Å². The van der Waals surface area contributed by atoms with Crippen molar-refractivity contribution in [3.8, 4) is 11.5 Å². The van der Waals surface area contributed by atoms with Crippen molar-refractivity contribution in [2.45, 2.75) is 26.4 Å². The molecule has 1 saturated heterocycles. The molecule has 0 unspecified atom stereocenters. The highest BCUT2D eigenvalue weighted by atomic mass is 16.6. The normalized spacial score (nSPS) is 14.6. The number of ether oxygens (including phenoxy) is 3. The van der Waals surface area contributed by atoms with Gasteiger partial charge in [-0.3, -0.25) is 14.6 Å². The molecule has 0 spiro atoms. The number of rotatable bonds is 9. The van der Waals surface area contributed by atoms with E-state index in [2.05, 4.69) is 15.5 Å². The molecule has 9 nitrogen and oxygen atoms in total. The molecule has 2 aliphatic rings. The molecule has 3 heterocycles. The van der Waals surface area contributed by atoms with Gasteiger partial charge in [-0.05, 0) is 93.0 Å². The summed E-state index contributed by atoms with van der Waals surface area (Å²) in [4.78, 5) is 33.2. The molecule has 42 heavy (non-hydrogen) atoms. The molecule has 2 aliphatic heterocycles. The number of anilines is 2. The van der Waals surface area contributed by atoms with Gasteiger partial charge in [0.15, 0.2) is 11.5 Å². The van der Waals surface area contributed by atoms with E-state index in [1.54, 1.807) is 36.4 Å². The molecule has 2 amide bonds. The first kappa shape index (κ1) is 27.7. The number of carbonyl (C=O) groups is 2. The first-order chi connectivity index (χ1) is 20.5. The molecule has 4 aromatic rings. The van der Waals surface area contributed by atoms with Gasteiger partial charge in [-0.25, -0.2) is 0 Å². The van der Waals surface area contributed by atoms with Crippen molar-refractivity contribution in [3.63, 3.8) is 0 Å². The lowest BCUT2D eigenvalue weighted by atomic mass is 10.1. The lowest BCUT2D eigenvalue weighted by Crippen LogP contribution is -2.23. The highest BCUT2D eigenvalue weighted by Gasteiger charge is 2.16. The van der Waals surface area contributed by atoms with Crippen LogP contribution in [0.3, 0.4) is 0 Å². The molecule has 1 fully saturated rings. The zero-order valence-electron chi connectivity index (χ0n) is 23.7. The molecule has 0 saturated carbocycles. The SMILES string of the molecule is Cc1ccc(NC(=O)c2ccc3c(c2)OCCO3)cc1NC(=O)c1ccc2nc(COCCN3CCCC3)ccc2c1. The second-order valence-corrected chi connectivity index (χ2v) is 10.6. The van der Waals surface area contributed by atoms with Crippen LogP contribution < -0.4 is 20.1 Å². The summed E-state index contributed by atoms with van der Waals surface area (Å²) in [5.41, 5.74) is 4.70. The van der Waals surface area contributed by atoms with E-state index in [1.165, 1.54) is 12.8 Å². The Morgan fingerprint density at radius 2 is 1.62 bits per heavy atom. The van der Waals surface area contributed by atoms with Gasteiger partial charge in [0.25, 0.3) is 11.8 Å². The van der Waals surface area contributed by atoms with E-state index >= 15 is 0 Å². The van der Waals surface area contributed by atoms with Gasteiger partial charge in [0.05, 0.1) is 24.4 Å². The number of nitrogens with zero attached hydrogens (tertiary/aromatic N) is 2. The molecule has 3 aromatic carbocycles. The van der Waals surface area contributed by atoms with Gasteiger partial charge in [0.1, 0.15) is 13.2 Å². The molecule has 2 N–H and O–H groups in total. The molecule has 1 aromatic heterocycles. The summed E-state index contributed by atoms with van der Waals surface area (Å²) in [6.45, 7) is 7.29. The van der Waals surface area contributed by atoms with Gasteiger partial charge in [-0.2, -0.15) is 0 Å². The van der Waals surface area contributed by atoms with E-state index < -0.39 is 0 Å². The van der Waals surface area contributed by atoms with Crippen LogP contribution in [0.15, 0.2) is 66.7 Å². The second-order valence-electron chi connectivity index (χ2n) is 10.6. The number of aryl methyl sites for hydroxylation is 1. The first-order valence-electron chi connectivity index (χ1n) is 14.3. The molecular weight excluding hydrogens is 532 g/mol. The minimum Gasteiger partial charge on any atom is -0.486 e. The average Bonchev–Trinajstić information content (AvgIpc) is 3.54. The number of aromatic nitrogens is 1. The van der Waals surface area contributed by atoms with Gasteiger partial charge in [0, 0.05) is 34.4 Å². The van der Waals surface area contributed by atoms with Crippen LogP contribution in [-0.4, -0.2) is 61.2 Å². The Balaban J connectivity index is 1.08. The number of fused-ring (bicyclic) bond motifs is 2. The van der Waals surface area contributed by atoms with Crippen molar-refractivity contribution in [1.29, 1.82) is 0 Å². The number of benzene rings is 3. The summed E-state index contributed by atoms with van der Waals surface area (Å²) in [7, 11) is 0. The van der Waals surface area contributed by atoms with Crippen LogP contribution >= 0.6 is 0 Å². The molecule has 0 aliphatic carbocycles. The number of pyridine rings is 1. The van der Waals surface area contributed by atoms with Gasteiger partial charge < -0.3 is 29.7 Å². The molecular formula is C33H34N4O5. The second kappa shape index (κ2) is 12.6. The Hall–Kier alpha value is -4.47. The van der Waals surface area contributed by atoms with Crippen molar-refractivity contribution in [2.24, 2.45) is 0 Å². The highest BCUT2D eigenvalue weighted by Crippen LogP contribution is 2.31. The maximum absolute atomic E-state index is 13.2. The third-order valence-electron chi connectivity index (χ3n) is 7.56. The van der Waals surface area contributed by atoms with E-state index in [9.17, 15) is 9.59 Å². The quantitative estimate of drug-likeness (QED) is 0.261. The van der Waals surface area contributed by atoms with E-state index in [4.69, 9.17) is 19.2 Å². The number of amides is 2. The minimum absolute atomic E-state index is 0.246. The number of likely N-dealkylation sites (tertiary alicyclic amines) is 1. The zero-order chi connectivity index (χ0) is 28.9. The summed E-state index contributed by atoms with van der Waals surface area (Å²) < 4.78 is 17.0. The van der Waals surface area contributed by atoms with Crippen LogP contribution in [0.2, 0.25) is 0 Å². The summed E-state index contributed by atoms with van der Waals surface area (Å²) >= 11 is 0. The number of hydrogen-bond acceptors (Lipinski definition) is 7. The van der Waals surface area contributed by atoms with Crippen LogP contribution in [0.25, 0.3) is 10.9 Å². The van der Waals surface area contributed by atoms with Gasteiger partial charge in [-0.1, -0.05) is 12.1 Å². The van der Waals surface area contributed by atoms with Crippen molar-refractivity contribution in [1.82, 2.24) is 9.88 Å². The Bertz CT molecular complexity index is 1620.